The first kappa shape index (κ1) is 99.7. The number of carboxylic acid groups (broad SMARTS) is 4. The predicted molar refractivity (Wildman–Crippen MR) is 417 cm³/mol. The molecule has 2 amide bonds. The summed E-state index contributed by atoms with van der Waals surface area (Å²) >= 11 is 0. The summed E-state index contributed by atoms with van der Waals surface area (Å²) in [6.07, 6.45) is 61.3. The summed E-state index contributed by atoms with van der Waals surface area (Å²) in [6, 6.07) is -3.51. The van der Waals surface area contributed by atoms with E-state index in [4.69, 9.17) is 59.4 Å². The van der Waals surface area contributed by atoms with Crippen molar-refractivity contribution >= 4 is 64.8 Å². The Morgan fingerprint density at radius 2 is 0.877 bits per heavy atom. The zero-order chi connectivity index (χ0) is 79.6. The highest BCUT2D eigenvalue weighted by atomic mass is 16.5. The SMILES string of the molecule is C1=CCC=C1.C1=CCC=C1.CC(C(=O)CCCCC[C@H](N)C(=O)O)C1=CC=CC1.CCCN(C(=O)CCCCC[C@H](N)C(C)=O)C(=O)CCCN=[N+]=[N-].CCCOC(=O)CCCCC[C@H](N)C(=O)O.N[C@@H](CCCCCC(=O)CC1=CC=CC1)C(=O)O.N[C@@H](CCCCCC(=O)CCC1=CC=CC1)C(=O)O. The van der Waals surface area contributed by atoms with Crippen LogP contribution in [-0.4, -0.2) is 140 Å². The second-order valence-electron chi connectivity index (χ2n) is 26.6. The zero-order valence-corrected chi connectivity index (χ0v) is 63.9. The number of esters is 1. The molecule has 5 aliphatic rings. The molecule has 0 bridgehead atoms. The van der Waals surface area contributed by atoms with Crippen molar-refractivity contribution in [2.45, 2.75) is 295 Å². The van der Waals surface area contributed by atoms with Gasteiger partial charge in [-0.25, -0.2) is 0 Å². The number of hydrogen-bond donors (Lipinski definition) is 9. The number of hydrogen-bond acceptors (Lipinski definition) is 18. The summed E-state index contributed by atoms with van der Waals surface area (Å²) in [4.78, 5) is 127. The van der Waals surface area contributed by atoms with Crippen molar-refractivity contribution in [1.29, 1.82) is 0 Å². The van der Waals surface area contributed by atoms with Crippen molar-refractivity contribution in [2.75, 3.05) is 19.7 Å². The van der Waals surface area contributed by atoms with Gasteiger partial charge in [-0.1, -0.05) is 210 Å². The molecule has 594 valence electrons. The number of aliphatic carboxylic acids is 4. The molecule has 0 saturated heterocycles. The standard InChI is InChI=1S/C16H29N5O3.2C15H23NO3.C14H21NO3.C11H21NO4.2C5H6/c1-3-12-21(16(24)10-7-11-19-20-18)15(23)9-6-4-5-8-14(17)13(2)22;1-11(12-7-5-6-8-12)14(17)10-4-2-3-9-13(16)15(18)19;16-14(15(18)19)9-3-1-2-8-13(17)11-10-12-6-4-5-7-12;15-13(14(17)18)9-3-1-2-8-12(16)10-11-6-4-5-7-11;1-2-8-16-10(13)7-5-3-4-6-9(12)11(14)15;2*1-2-4-5-3-1/h14H,3-12,17H2,1-2H3;5-7,11,13H,2-4,8-10,16H2,1H3,(H,18,19);4-6,14H,1-3,7-11,16H2,(H,18,19);4-6,13H,1-3,7-10,15H2,(H,17,18);9H,2-8,12H2,1H3,(H,14,15);2*1-4H,5H2/t14-;11?,13-;14-;13-;9-;;/m00000../s1. The van der Waals surface area contributed by atoms with Gasteiger partial charge < -0.3 is 53.8 Å². The number of allylic oxidation sites excluding steroid dienone is 20. The molecule has 0 aromatic heterocycles. The second-order valence-corrected chi connectivity index (χ2v) is 26.6. The van der Waals surface area contributed by atoms with Gasteiger partial charge in [-0.3, -0.25) is 57.6 Å². The van der Waals surface area contributed by atoms with Crippen molar-refractivity contribution < 1.29 is 77.9 Å². The lowest BCUT2D eigenvalue weighted by molar-refractivity contribution is -0.146. The molecule has 5 rings (SSSR count). The molecule has 0 aliphatic heterocycles. The van der Waals surface area contributed by atoms with Crippen LogP contribution in [0.2, 0.25) is 0 Å². The molecular formula is C81H129N9O16. The van der Waals surface area contributed by atoms with Gasteiger partial charge in [0.05, 0.1) is 12.6 Å². The topological polar surface area (TPSA) is 460 Å². The van der Waals surface area contributed by atoms with E-state index in [-0.39, 0.29) is 54.0 Å². The third-order valence-corrected chi connectivity index (χ3v) is 17.2. The van der Waals surface area contributed by atoms with Gasteiger partial charge in [-0.15, -0.1) is 0 Å². The summed E-state index contributed by atoms with van der Waals surface area (Å²) in [5, 5.41) is 37.7. The quantitative estimate of drug-likeness (QED) is 0.00898. The van der Waals surface area contributed by atoms with Crippen LogP contribution in [0.25, 0.3) is 10.4 Å². The third kappa shape index (κ3) is 58.9. The number of carbonyl (C=O) groups excluding carboxylic acids is 7. The fourth-order valence-electron chi connectivity index (χ4n) is 10.5. The summed E-state index contributed by atoms with van der Waals surface area (Å²) in [6.45, 7) is 8.44. The Balaban J connectivity index is 0. The molecule has 6 atom stereocenters. The second kappa shape index (κ2) is 67.3. The van der Waals surface area contributed by atoms with Crippen molar-refractivity contribution in [3.05, 3.63) is 130 Å². The molecule has 5 aliphatic carbocycles. The van der Waals surface area contributed by atoms with Gasteiger partial charge in [0.25, 0.3) is 0 Å². The van der Waals surface area contributed by atoms with E-state index in [0.29, 0.717) is 115 Å². The monoisotopic (exact) mass is 1480 g/mol. The molecule has 25 heteroatoms. The van der Waals surface area contributed by atoms with Gasteiger partial charge >= 0.3 is 29.8 Å². The normalized spacial score (nSPS) is 14.5. The Kier molecular flexibility index (Phi) is 63.3. The smallest absolute Gasteiger partial charge is 0.320 e. The van der Waals surface area contributed by atoms with Crippen LogP contribution in [0.1, 0.15) is 265 Å². The number of ketones is 4. The van der Waals surface area contributed by atoms with Gasteiger partial charge in [0, 0.05) is 75.3 Å². The molecule has 0 saturated carbocycles. The van der Waals surface area contributed by atoms with E-state index in [1.54, 1.807) is 0 Å². The van der Waals surface area contributed by atoms with Crippen molar-refractivity contribution in [1.82, 2.24) is 4.90 Å². The van der Waals surface area contributed by atoms with Crippen molar-refractivity contribution in [3.63, 3.8) is 0 Å². The highest BCUT2D eigenvalue weighted by molar-refractivity contribution is 5.95. The fourth-order valence-corrected chi connectivity index (χ4v) is 10.5. The first-order chi connectivity index (χ1) is 50.7. The summed E-state index contributed by atoms with van der Waals surface area (Å²) < 4.78 is 4.90. The molecule has 0 aromatic rings. The lowest BCUT2D eigenvalue weighted by Gasteiger charge is -2.20. The van der Waals surface area contributed by atoms with E-state index < -0.39 is 54.1 Å². The maximum atomic E-state index is 12.2. The maximum Gasteiger partial charge on any atom is 0.320 e. The third-order valence-electron chi connectivity index (χ3n) is 17.2. The largest absolute Gasteiger partial charge is 0.480 e. The molecule has 0 heterocycles. The lowest BCUT2D eigenvalue weighted by atomic mass is 9.92. The number of ether oxygens (including phenoxy) is 1. The lowest BCUT2D eigenvalue weighted by Crippen LogP contribution is -2.37. The molecule has 14 N–H and O–H groups in total. The Bertz CT molecular complexity index is 2930. The zero-order valence-electron chi connectivity index (χ0n) is 63.9. The minimum atomic E-state index is -0.970. The average molecular weight is 1480 g/mol. The number of nitrogens with zero attached hydrogens (tertiary/aromatic N) is 4. The number of rotatable bonds is 50. The molecule has 0 spiro atoms. The van der Waals surface area contributed by atoms with Gasteiger partial charge in [0.15, 0.2) is 0 Å². The number of imide groups is 1. The van der Waals surface area contributed by atoms with E-state index in [2.05, 4.69) is 82.9 Å². The Hall–Kier alpha value is -8.32. The summed E-state index contributed by atoms with van der Waals surface area (Å²) in [7, 11) is 0. The molecule has 0 aromatic carbocycles. The van der Waals surface area contributed by atoms with Crippen molar-refractivity contribution in [2.24, 2.45) is 39.7 Å². The fraction of sp³-hybridized carbons (Fsp3) is 0.617. The minimum Gasteiger partial charge on any atom is -0.480 e. The Morgan fingerprint density at radius 1 is 0.472 bits per heavy atom. The van der Waals surface area contributed by atoms with E-state index in [1.165, 1.54) is 28.5 Å². The number of Topliss-reactive ketones (excluding diaryl/α,β-unsaturated/α-hetero) is 4. The summed E-state index contributed by atoms with van der Waals surface area (Å²) in [5.74, 6) is -3.54. The van der Waals surface area contributed by atoms with Crippen LogP contribution in [0.15, 0.2) is 125 Å². The van der Waals surface area contributed by atoms with Crippen LogP contribution in [0.3, 0.4) is 0 Å². The predicted octanol–water partition coefficient (Wildman–Crippen LogP) is 14.2. The number of carboxylic acids is 4. The molecule has 0 radical (unpaired) electrons. The molecule has 0 fully saturated rings. The number of unbranched alkanes of at least 4 members (excludes halogenated alkanes) is 10. The number of azide groups is 1. The first-order valence-corrected chi connectivity index (χ1v) is 38.2. The van der Waals surface area contributed by atoms with Crippen LogP contribution in [0, 0.1) is 5.92 Å². The number of amides is 2. The summed E-state index contributed by atoms with van der Waals surface area (Å²) in [5.41, 5.74) is 39.1. The van der Waals surface area contributed by atoms with Crippen LogP contribution >= 0.6 is 0 Å². The first-order valence-electron chi connectivity index (χ1n) is 38.2. The minimum absolute atomic E-state index is 0.0104. The Labute approximate surface area is 630 Å². The number of carbonyl (C=O) groups is 11. The highest BCUT2D eigenvalue weighted by Crippen LogP contribution is 2.24. The van der Waals surface area contributed by atoms with E-state index in [0.717, 1.165) is 135 Å². The van der Waals surface area contributed by atoms with Crippen LogP contribution in [0.5, 0.6) is 0 Å². The maximum absolute atomic E-state index is 12.2. The van der Waals surface area contributed by atoms with Crippen molar-refractivity contribution in [3.8, 4) is 0 Å². The van der Waals surface area contributed by atoms with Gasteiger partial charge in [0.1, 0.15) is 47.3 Å². The Morgan fingerprint density at radius 3 is 1.26 bits per heavy atom. The molecule has 106 heavy (non-hydrogen) atoms. The van der Waals surface area contributed by atoms with E-state index in [9.17, 15) is 52.7 Å². The molecular weight excluding hydrogens is 1350 g/mol. The van der Waals surface area contributed by atoms with Gasteiger partial charge in [0.2, 0.25) is 11.8 Å². The number of nitrogens with two attached hydrogens (primary N) is 5. The van der Waals surface area contributed by atoms with Crippen LogP contribution in [-0.2, 0) is 57.5 Å². The van der Waals surface area contributed by atoms with Crippen LogP contribution in [0.4, 0.5) is 0 Å². The van der Waals surface area contributed by atoms with Gasteiger partial charge in [-0.2, -0.15) is 0 Å². The van der Waals surface area contributed by atoms with Crippen LogP contribution < -0.4 is 28.7 Å². The molecule has 25 nitrogen and oxygen atoms in total. The van der Waals surface area contributed by atoms with E-state index >= 15 is 0 Å². The average Bonchev–Trinajstić information content (AvgIpc) is 1.87. The molecule has 1 unspecified atom stereocenters. The highest BCUT2D eigenvalue weighted by Gasteiger charge is 2.21. The van der Waals surface area contributed by atoms with Gasteiger partial charge in [-0.05, 0) is 134 Å². The van der Waals surface area contributed by atoms with E-state index in [1.807, 2.05) is 51.2 Å².